The maximum Gasteiger partial charge on any atom is -0.0150 e. The Labute approximate surface area is 206 Å². The lowest BCUT2D eigenvalue weighted by Crippen LogP contribution is -1.98. The third-order valence-corrected chi connectivity index (χ3v) is 6.71. The highest BCUT2D eigenvalue weighted by Gasteiger charge is 2.07. The summed E-state index contributed by atoms with van der Waals surface area (Å²) in [5.74, 6) is 0.528. The third kappa shape index (κ3) is 6.81. The molecule has 0 radical (unpaired) electrons. The van der Waals surface area contributed by atoms with Gasteiger partial charge < -0.3 is 0 Å². The molecule has 0 N–H and O–H groups in total. The van der Waals surface area contributed by atoms with Crippen molar-refractivity contribution in [3.8, 4) is 11.1 Å². The second-order valence-corrected chi connectivity index (χ2v) is 9.33. The van der Waals surface area contributed by atoms with Gasteiger partial charge in [0.25, 0.3) is 0 Å². The fraction of sp³-hybridized carbons (Fsp3) is 0.235. The van der Waals surface area contributed by atoms with Crippen molar-refractivity contribution in [2.75, 3.05) is 0 Å². The average molecular weight is 445 g/mol. The maximum atomic E-state index is 2.31. The lowest BCUT2D eigenvalue weighted by molar-refractivity contribution is 0.759. The number of allylic oxidation sites excluding steroid dienone is 2. The van der Waals surface area contributed by atoms with Crippen LogP contribution < -0.4 is 0 Å². The van der Waals surface area contributed by atoms with E-state index in [1.165, 1.54) is 38.9 Å². The Morgan fingerprint density at radius 1 is 0.559 bits per heavy atom. The first-order valence-electron chi connectivity index (χ1n) is 12.6. The summed E-state index contributed by atoms with van der Waals surface area (Å²) in [7, 11) is 0. The van der Waals surface area contributed by atoms with Crippen LogP contribution in [-0.2, 0) is 25.7 Å². The van der Waals surface area contributed by atoms with E-state index >= 15 is 0 Å². The number of rotatable bonds is 10. The van der Waals surface area contributed by atoms with Crippen molar-refractivity contribution in [3.05, 3.63) is 143 Å². The lowest BCUT2D eigenvalue weighted by atomic mass is 9.92. The van der Waals surface area contributed by atoms with Crippen LogP contribution in [0.3, 0.4) is 0 Å². The van der Waals surface area contributed by atoms with Crippen LogP contribution >= 0.6 is 0 Å². The van der Waals surface area contributed by atoms with Gasteiger partial charge in [0.05, 0.1) is 0 Å². The Bertz CT molecular complexity index is 1150. The van der Waals surface area contributed by atoms with Gasteiger partial charge in [-0.2, -0.15) is 0 Å². The summed E-state index contributed by atoms with van der Waals surface area (Å²) < 4.78 is 0. The largest absolute Gasteiger partial charge is 0.0917 e. The molecule has 0 nitrogen and oxygen atoms in total. The second-order valence-electron chi connectivity index (χ2n) is 9.33. The van der Waals surface area contributed by atoms with Gasteiger partial charge in [-0.15, -0.1) is 0 Å². The van der Waals surface area contributed by atoms with Gasteiger partial charge in [-0.3, -0.25) is 0 Å². The minimum absolute atomic E-state index is 0.528. The van der Waals surface area contributed by atoms with Crippen LogP contribution in [0.2, 0.25) is 0 Å². The topological polar surface area (TPSA) is 0 Å². The quantitative estimate of drug-likeness (QED) is 0.214. The summed E-state index contributed by atoms with van der Waals surface area (Å²) in [5, 5.41) is 0. The van der Waals surface area contributed by atoms with Gasteiger partial charge in [0.2, 0.25) is 0 Å². The van der Waals surface area contributed by atoms with Crippen molar-refractivity contribution in [2.45, 2.75) is 51.9 Å². The molecule has 172 valence electrons. The van der Waals surface area contributed by atoms with Gasteiger partial charge in [0.15, 0.2) is 0 Å². The summed E-state index contributed by atoms with van der Waals surface area (Å²) in [6.45, 7) is 4.39. The Morgan fingerprint density at radius 2 is 1.03 bits per heavy atom. The Morgan fingerprint density at radius 3 is 1.56 bits per heavy atom. The zero-order valence-corrected chi connectivity index (χ0v) is 20.6. The molecule has 0 unspecified atom stereocenters. The van der Waals surface area contributed by atoms with E-state index in [4.69, 9.17) is 0 Å². The first-order valence-corrected chi connectivity index (χ1v) is 12.6. The molecule has 0 aromatic heterocycles. The summed E-state index contributed by atoms with van der Waals surface area (Å²) in [6.07, 6.45) is 9.84. The number of hydrogen-bond donors (Lipinski definition) is 0. The Hall–Kier alpha value is -3.38. The van der Waals surface area contributed by atoms with Crippen LogP contribution in [0.25, 0.3) is 11.1 Å². The first kappa shape index (κ1) is 23.8. The highest BCUT2D eigenvalue weighted by Crippen LogP contribution is 2.24. The van der Waals surface area contributed by atoms with Crippen LogP contribution in [0, 0.1) is 0 Å². The van der Waals surface area contributed by atoms with Crippen molar-refractivity contribution < 1.29 is 0 Å². The minimum atomic E-state index is 0.528. The van der Waals surface area contributed by atoms with Gasteiger partial charge in [-0.1, -0.05) is 122 Å². The van der Waals surface area contributed by atoms with Gasteiger partial charge in [-0.25, -0.2) is 0 Å². The molecule has 0 aliphatic carbocycles. The van der Waals surface area contributed by atoms with Crippen LogP contribution in [0.15, 0.2) is 115 Å². The minimum Gasteiger partial charge on any atom is -0.0917 e. The van der Waals surface area contributed by atoms with Crippen molar-refractivity contribution in [1.82, 2.24) is 0 Å². The predicted molar refractivity (Wildman–Crippen MR) is 147 cm³/mol. The van der Waals surface area contributed by atoms with E-state index < -0.39 is 0 Å². The van der Waals surface area contributed by atoms with Crippen LogP contribution in [0.1, 0.15) is 54.0 Å². The molecule has 1 atom stereocenters. The molecule has 0 aliphatic rings. The van der Waals surface area contributed by atoms with Gasteiger partial charge >= 0.3 is 0 Å². The number of hydrogen-bond acceptors (Lipinski definition) is 0. The maximum absolute atomic E-state index is 2.31. The SMILES string of the molecule is CC=CCCc1ccc(CCc2ccc(-c3ccc(C[C@H](C)c4ccccc4)cc3)cc2)cc1. The molecule has 0 heteroatoms. The highest BCUT2D eigenvalue weighted by atomic mass is 14.1. The molecule has 4 rings (SSSR count). The first-order chi connectivity index (χ1) is 16.7. The van der Waals surface area contributed by atoms with Crippen LogP contribution in [0.4, 0.5) is 0 Å². The number of aryl methyl sites for hydroxylation is 3. The van der Waals surface area contributed by atoms with Crippen molar-refractivity contribution in [2.24, 2.45) is 0 Å². The van der Waals surface area contributed by atoms with E-state index in [0.29, 0.717) is 5.92 Å². The van der Waals surface area contributed by atoms with Gasteiger partial charge in [0.1, 0.15) is 0 Å². The summed E-state index contributed by atoms with van der Waals surface area (Å²) in [5.41, 5.74) is 9.61. The molecule has 0 spiro atoms. The standard InChI is InChI=1S/C34H36/c1-3-4-6-9-28-12-14-29(15-13-28)16-17-30-18-22-33(23-19-30)34-24-20-31(21-25-34)26-27(2)32-10-7-5-8-11-32/h3-5,7-8,10-15,18-25,27H,6,9,16-17,26H2,1-2H3/t27-/m0/s1. The molecule has 4 aromatic carbocycles. The van der Waals surface area contributed by atoms with E-state index in [1.54, 1.807) is 0 Å². The average Bonchev–Trinajstić information content (AvgIpc) is 2.90. The Kier molecular flexibility index (Phi) is 8.52. The predicted octanol–water partition coefficient (Wildman–Crippen LogP) is 8.99. The molecule has 0 amide bonds. The van der Waals surface area contributed by atoms with E-state index in [0.717, 1.165) is 32.1 Å². The molecule has 0 bridgehead atoms. The molecule has 34 heavy (non-hydrogen) atoms. The second kappa shape index (κ2) is 12.2. The third-order valence-electron chi connectivity index (χ3n) is 6.71. The smallest absolute Gasteiger partial charge is 0.0150 e. The molecule has 0 aliphatic heterocycles. The fourth-order valence-corrected chi connectivity index (χ4v) is 4.53. The molecular formula is C34H36. The van der Waals surface area contributed by atoms with Crippen molar-refractivity contribution >= 4 is 0 Å². The summed E-state index contributed by atoms with van der Waals surface area (Å²) in [4.78, 5) is 0. The summed E-state index contributed by atoms with van der Waals surface area (Å²) in [6, 6.07) is 38.1. The summed E-state index contributed by atoms with van der Waals surface area (Å²) >= 11 is 0. The zero-order valence-electron chi connectivity index (χ0n) is 20.6. The van der Waals surface area contributed by atoms with E-state index in [-0.39, 0.29) is 0 Å². The van der Waals surface area contributed by atoms with Crippen molar-refractivity contribution in [1.29, 1.82) is 0 Å². The van der Waals surface area contributed by atoms with E-state index in [2.05, 4.69) is 129 Å². The van der Waals surface area contributed by atoms with Crippen molar-refractivity contribution in [3.63, 3.8) is 0 Å². The Balaban J connectivity index is 1.30. The van der Waals surface area contributed by atoms with E-state index in [9.17, 15) is 0 Å². The molecule has 0 heterocycles. The molecular weight excluding hydrogens is 408 g/mol. The normalized spacial score (nSPS) is 12.2. The monoisotopic (exact) mass is 444 g/mol. The van der Waals surface area contributed by atoms with E-state index in [1.807, 2.05) is 0 Å². The number of benzene rings is 4. The fourth-order valence-electron chi connectivity index (χ4n) is 4.53. The highest BCUT2D eigenvalue weighted by molar-refractivity contribution is 5.64. The van der Waals surface area contributed by atoms with Crippen LogP contribution in [0.5, 0.6) is 0 Å². The molecule has 4 aromatic rings. The van der Waals surface area contributed by atoms with Crippen LogP contribution in [-0.4, -0.2) is 0 Å². The van der Waals surface area contributed by atoms with Gasteiger partial charge in [0, 0.05) is 0 Å². The van der Waals surface area contributed by atoms with Gasteiger partial charge in [-0.05, 0) is 83.9 Å². The zero-order chi connectivity index (χ0) is 23.6. The molecule has 0 fully saturated rings. The lowest BCUT2D eigenvalue weighted by Gasteiger charge is -2.12. The molecule has 0 saturated heterocycles. The molecule has 0 saturated carbocycles.